The summed E-state index contributed by atoms with van der Waals surface area (Å²) < 4.78 is 9.97. The largest absolute Gasteiger partial charge is 0.479 e. The first-order chi connectivity index (χ1) is 7.53. The van der Waals surface area contributed by atoms with E-state index in [0.717, 1.165) is 0 Å². The smallest absolute Gasteiger partial charge is 0.408 e. The van der Waals surface area contributed by atoms with E-state index in [2.05, 4.69) is 5.32 Å². The van der Waals surface area contributed by atoms with Gasteiger partial charge in [-0.2, -0.15) is 0 Å². The van der Waals surface area contributed by atoms with Crippen LogP contribution in [-0.4, -0.2) is 41.5 Å². The number of ether oxygens (including phenoxy) is 2. The minimum Gasteiger partial charge on any atom is -0.479 e. The second-order valence-electron chi connectivity index (χ2n) is 5.01. The van der Waals surface area contributed by atoms with E-state index in [9.17, 15) is 9.59 Å². The molecule has 0 saturated carbocycles. The number of rotatable bonds is 4. The fourth-order valence-corrected chi connectivity index (χ4v) is 1.08. The number of carboxylic acids is 1. The van der Waals surface area contributed by atoms with Gasteiger partial charge in [-0.1, -0.05) is 0 Å². The van der Waals surface area contributed by atoms with Gasteiger partial charge in [-0.15, -0.1) is 0 Å². The molecule has 17 heavy (non-hydrogen) atoms. The third-order valence-electron chi connectivity index (χ3n) is 2.37. The van der Waals surface area contributed by atoms with Crippen molar-refractivity contribution in [2.75, 3.05) is 7.11 Å². The van der Waals surface area contributed by atoms with Gasteiger partial charge in [-0.3, -0.25) is 0 Å². The molecule has 0 bridgehead atoms. The molecule has 0 spiro atoms. The topological polar surface area (TPSA) is 84.9 Å². The zero-order valence-corrected chi connectivity index (χ0v) is 11.2. The van der Waals surface area contributed by atoms with Crippen molar-refractivity contribution < 1.29 is 24.2 Å². The Bertz CT molecular complexity index is 297. The number of nitrogens with one attached hydrogen (secondary N) is 1. The predicted octanol–water partition coefficient (Wildman–Crippen LogP) is 1.39. The van der Waals surface area contributed by atoms with E-state index in [1.807, 2.05) is 0 Å². The van der Waals surface area contributed by atoms with Gasteiger partial charge in [0.15, 0.2) is 5.54 Å². The van der Waals surface area contributed by atoms with Crippen LogP contribution in [0.2, 0.25) is 0 Å². The summed E-state index contributed by atoms with van der Waals surface area (Å²) in [6.07, 6.45) is -1.47. The van der Waals surface area contributed by atoms with Crippen molar-refractivity contribution in [2.24, 2.45) is 0 Å². The quantitative estimate of drug-likeness (QED) is 0.784. The fraction of sp³-hybridized carbons (Fsp3) is 0.818. The Morgan fingerprint density at radius 2 is 1.71 bits per heavy atom. The number of hydrogen-bond donors (Lipinski definition) is 2. The molecular weight excluding hydrogens is 226 g/mol. The molecule has 6 nitrogen and oxygen atoms in total. The van der Waals surface area contributed by atoms with E-state index in [0.29, 0.717) is 0 Å². The number of carbonyl (C=O) groups is 2. The molecule has 0 aromatic heterocycles. The lowest BCUT2D eigenvalue weighted by Crippen LogP contribution is -2.60. The van der Waals surface area contributed by atoms with Crippen molar-refractivity contribution in [1.82, 2.24) is 5.32 Å². The Hall–Kier alpha value is -1.30. The van der Waals surface area contributed by atoms with E-state index in [1.165, 1.54) is 14.0 Å². The second-order valence-corrected chi connectivity index (χ2v) is 5.01. The molecule has 2 atom stereocenters. The SMILES string of the molecule is COC(C)C(C)(NC(=O)OC(C)(C)C)C(=O)O. The lowest BCUT2D eigenvalue weighted by atomic mass is 9.96. The number of amides is 1. The Kier molecular flexibility index (Phi) is 4.94. The minimum atomic E-state index is -1.53. The molecule has 0 rings (SSSR count). The van der Waals surface area contributed by atoms with Crippen molar-refractivity contribution in [3.05, 3.63) is 0 Å². The fourth-order valence-electron chi connectivity index (χ4n) is 1.08. The van der Waals surface area contributed by atoms with Crippen molar-refractivity contribution in [3.63, 3.8) is 0 Å². The number of aliphatic carboxylic acids is 1. The van der Waals surface area contributed by atoms with Crippen molar-refractivity contribution in [2.45, 2.75) is 51.9 Å². The van der Waals surface area contributed by atoms with Gasteiger partial charge in [-0.25, -0.2) is 9.59 Å². The summed E-state index contributed by atoms with van der Waals surface area (Å²) in [6.45, 7) is 8.03. The summed E-state index contributed by atoms with van der Waals surface area (Å²) in [5, 5.41) is 11.4. The first-order valence-corrected chi connectivity index (χ1v) is 5.30. The van der Waals surface area contributed by atoms with Gasteiger partial charge in [0.25, 0.3) is 0 Å². The molecule has 2 unspecified atom stereocenters. The maximum Gasteiger partial charge on any atom is 0.408 e. The average molecular weight is 247 g/mol. The summed E-state index contributed by atoms with van der Waals surface area (Å²) >= 11 is 0. The maximum absolute atomic E-state index is 11.5. The van der Waals surface area contributed by atoms with E-state index in [4.69, 9.17) is 14.6 Å². The molecule has 0 aliphatic rings. The predicted molar refractivity (Wildman–Crippen MR) is 61.9 cm³/mol. The molecule has 0 saturated heterocycles. The summed E-state index contributed by atoms with van der Waals surface area (Å²) in [7, 11) is 1.38. The molecule has 0 aromatic rings. The number of carboxylic acid groups (broad SMARTS) is 1. The number of hydrogen-bond acceptors (Lipinski definition) is 4. The zero-order valence-electron chi connectivity index (χ0n) is 11.2. The van der Waals surface area contributed by atoms with Crippen LogP contribution in [0.1, 0.15) is 34.6 Å². The Labute approximate surface area is 101 Å². The van der Waals surface area contributed by atoms with Gasteiger partial charge < -0.3 is 19.9 Å². The first-order valence-electron chi connectivity index (χ1n) is 5.30. The summed E-state index contributed by atoms with van der Waals surface area (Å²) in [5.41, 5.74) is -2.21. The van der Waals surface area contributed by atoms with Gasteiger partial charge in [0.05, 0.1) is 6.10 Å². The Balaban J connectivity index is 4.79. The molecule has 6 heteroatoms. The van der Waals surface area contributed by atoms with Gasteiger partial charge in [0.1, 0.15) is 5.60 Å². The van der Waals surface area contributed by atoms with E-state index < -0.39 is 29.3 Å². The van der Waals surface area contributed by atoms with Gasteiger partial charge >= 0.3 is 12.1 Å². The number of alkyl carbamates (subject to hydrolysis) is 1. The van der Waals surface area contributed by atoms with Crippen molar-refractivity contribution in [1.29, 1.82) is 0 Å². The number of methoxy groups -OCH3 is 1. The van der Waals surface area contributed by atoms with Crippen LogP contribution < -0.4 is 5.32 Å². The third kappa shape index (κ3) is 4.60. The maximum atomic E-state index is 11.5. The van der Waals surface area contributed by atoms with E-state index in [1.54, 1.807) is 27.7 Å². The summed E-state index contributed by atoms with van der Waals surface area (Å²) in [4.78, 5) is 22.7. The molecule has 0 aliphatic carbocycles. The van der Waals surface area contributed by atoms with Gasteiger partial charge in [0, 0.05) is 7.11 Å². The van der Waals surface area contributed by atoms with Crippen LogP contribution >= 0.6 is 0 Å². The lowest BCUT2D eigenvalue weighted by Gasteiger charge is -2.32. The number of carbonyl (C=O) groups excluding carboxylic acids is 1. The molecule has 0 aromatic carbocycles. The third-order valence-corrected chi connectivity index (χ3v) is 2.37. The molecule has 0 heterocycles. The summed E-state index contributed by atoms with van der Waals surface area (Å²) in [6, 6.07) is 0. The van der Waals surface area contributed by atoms with Crippen molar-refractivity contribution in [3.8, 4) is 0 Å². The normalized spacial score (nSPS) is 16.8. The van der Waals surface area contributed by atoms with Crippen LogP contribution in [0, 0.1) is 0 Å². The highest BCUT2D eigenvalue weighted by atomic mass is 16.6. The second kappa shape index (κ2) is 5.35. The van der Waals surface area contributed by atoms with Crippen LogP contribution in [0.25, 0.3) is 0 Å². The Morgan fingerprint density at radius 1 is 1.24 bits per heavy atom. The monoisotopic (exact) mass is 247 g/mol. The van der Waals surface area contributed by atoms with Crippen LogP contribution in [-0.2, 0) is 14.3 Å². The van der Waals surface area contributed by atoms with E-state index >= 15 is 0 Å². The first kappa shape index (κ1) is 15.7. The average Bonchev–Trinajstić information content (AvgIpc) is 2.12. The van der Waals surface area contributed by atoms with Gasteiger partial charge in [-0.05, 0) is 34.6 Å². The summed E-state index contributed by atoms with van der Waals surface area (Å²) in [5.74, 6) is -1.18. The molecule has 100 valence electrons. The molecule has 0 radical (unpaired) electrons. The molecule has 1 amide bonds. The van der Waals surface area contributed by atoms with Crippen LogP contribution in [0.4, 0.5) is 4.79 Å². The Morgan fingerprint density at radius 3 is 2.00 bits per heavy atom. The van der Waals surface area contributed by atoms with Crippen LogP contribution in [0.3, 0.4) is 0 Å². The molecule has 0 fully saturated rings. The highest BCUT2D eigenvalue weighted by Gasteiger charge is 2.42. The standard InChI is InChI=1S/C11H21NO5/c1-7(16-6)11(5,8(13)14)12-9(15)17-10(2,3)4/h7H,1-6H3,(H,12,15)(H,13,14). The van der Waals surface area contributed by atoms with Crippen molar-refractivity contribution >= 4 is 12.1 Å². The minimum absolute atomic E-state index is 0.681. The zero-order chi connectivity index (χ0) is 13.9. The van der Waals surface area contributed by atoms with E-state index in [-0.39, 0.29) is 0 Å². The molecular formula is C11H21NO5. The highest BCUT2D eigenvalue weighted by molar-refractivity contribution is 5.84. The van der Waals surface area contributed by atoms with Crippen LogP contribution in [0.15, 0.2) is 0 Å². The molecule has 0 aliphatic heterocycles. The van der Waals surface area contributed by atoms with Gasteiger partial charge in [0.2, 0.25) is 0 Å². The highest BCUT2D eigenvalue weighted by Crippen LogP contribution is 2.15. The molecule has 2 N–H and O–H groups in total. The van der Waals surface area contributed by atoms with Crippen LogP contribution in [0.5, 0.6) is 0 Å². The lowest BCUT2D eigenvalue weighted by molar-refractivity contribution is -0.149.